The Morgan fingerprint density at radius 2 is 1.00 bits per heavy atom. The van der Waals surface area contributed by atoms with Crippen LogP contribution in [0.3, 0.4) is 0 Å². The summed E-state index contributed by atoms with van der Waals surface area (Å²) >= 11 is 1.74. The van der Waals surface area contributed by atoms with Gasteiger partial charge in [-0.2, -0.15) is 0 Å². The van der Waals surface area contributed by atoms with E-state index >= 15 is 0 Å². The first-order valence-electron chi connectivity index (χ1n) is 10.5. The van der Waals surface area contributed by atoms with Crippen molar-refractivity contribution < 1.29 is 32.2 Å². The zero-order valence-corrected chi connectivity index (χ0v) is 24.1. The molecule has 0 aliphatic rings. The third-order valence-electron chi connectivity index (χ3n) is 4.85. The van der Waals surface area contributed by atoms with Crippen molar-refractivity contribution in [2.75, 3.05) is 0 Å². The molecule has 0 spiro atoms. The van der Waals surface area contributed by atoms with Crippen LogP contribution in [0.1, 0.15) is 0 Å². The van der Waals surface area contributed by atoms with Crippen LogP contribution in [-0.2, 0) is 23.3 Å². The molecule has 0 fully saturated rings. The number of hydrogen-bond acceptors (Lipinski definition) is 2. The third-order valence-corrected chi connectivity index (χ3v) is 4.85. The first-order valence-corrected chi connectivity index (χ1v) is 16.7. The summed E-state index contributed by atoms with van der Waals surface area (Å²) in [6.07, 6.45) is 3.40. The van der Waals surface area contributed by atoms with Gasteiger partial charge in [-0.15, -0.1) is 82.8 Å². The van der Waals surface area contributed by atoms with E-state index in [9.17, 15) is 0 Å². The van der Waals surface area contributed by atoms with E-state index in [-0.39, 0.29) is 30.2 Å². The normalized spacial score (nSPS) is 9.76. The van der Waals surface area contributed by atoms with Gasteiger partial charge in [0, 0.05) is 0 Å². The molecule has 4 aromatic carbocycles. The van der Waals surface area contributed by atoms with Crippen molar-refractivity contribution in [3.05, 3.63) is 110 Å². The predicted octanol–water partition coefficient (Wildman–Crippen LogP) is 9.27. The van der Waals surface area contributed by atoms with E-state index in [0.717, 1.165) is 22.6 Å². The number of furan rings is 2. The van der Waals surface area contributed by atoms with Crippen LogP contribution < -0.4 is 0 Å². The maximum Gasteiger partial charge on any atom is 0.0796 e. The van der Waals surface area contributed by atoms with Gasteiger partial charge in [-0.1, -0.05) is 59.7 Å². The van der Waals surface area contributed by atoms with E-state index in [2.05, 4.69) is 61.6 Å². The summed E-state index contributed by atoms with van der Waals surface area (Å²) in [7, 11) is 0. The standard InChI is InChI=1S/2C13H9O.C2H6Si.2ClH.Zr/c2*1-2-5-11-9-12(8-10(11)4-1)13-6-3-7-14-13;1-3-2;;;/h2*1-9H;1-2H3;2*1H;/q2*-1;;;;+2. The summed E-state index contributed by atoms with van der Waals surface area (Å²) in [6, 6.07) is 33.0. The van der Waals surface area contributed by atoms with E-state index in [1.165, 1.54) is 21.5 Å². The third kappa shape index (κ3) is 7.45. The average molecular weight is 585 g/mol. The van der Waals surface area contributed by atoms with Gasteiger partial charge in [0.2, 0.25) is 0 Å². The van der Waals surface area contributed by atoms with Crippen LogP contribution in [-0.4, -0.2) is 5.43 Å². The maximum atomic E-state index is 5.35. The van der Waals surface area contributed by atoms with Gasteiger partial charge >= 0.3 is 41.9 Å². The van der Waals surface area contributed by atoms with Crippen LogP contribution >= 0.6 is 24.8 Å². The molecule has 2 aromatic heterocycles. The summed E-state index contributed by atoms with van der Waals surface area (Å²) in [5.74, 6) is 1.86. The Morgan fingerprint density at radius 1 is 0.618 bits per heavy atom. The molecule has 0 amide bonds. The number of benzene rings is 2. The summed E-state index contributed by atoms with van der Waals surface area (Å²) in [4.78, 5) is 0. The largest absolute Gasteiger partial charge is 0.499 e. The molecule has 2 nitrogen and oxygen atoms in total. The molecule has 34 heavy (non-hydrogen) atoms. The van der Waals surface area contributed by atoms with Gasteiger partial charge in [0.25, 0.3) is 0 Å². The SMILES string of the molecule is C[Si](C)=[Zr+2].Cl.Cl.c1coc(-c2cc3ccccc3[cH-]2)c1.c1coc(-c2cc3ccccc3[cH-]2)c1. The van der Waals surface area contributed by atoms with Crippen LogP contribution in [0.2, 0.25) is 13.1 Å². The molecule has 6 rings (SSSR count). The summed E-state index contributed by atoms with van der Waals surface area (Å²) in [5.41, 5.74) is 2.51. The van der Waals surface area contributed by atoms with Gasteiger partial charge in [-0.05, 0) is 12.1 Å². The minimum absolute atomic E-state index is 0. The van der Waals surface area contributed by atoms with Gasteiger partial charge in [-0.25, -0.2) is 0 Å². The van der Waals surface area contributed by atoms with Crippen molar-refractivity contribution in [2.45, 2.75) is 13.1 Å². The van der Waals surface area contributed by atoms with Crippen LogP contribution in [0.15, 0.2) is 118 Å². The molecule has 0 radical (unpaired) electrons. The molecule has 0 saturated heterocycles. The van der Waals surface area contributed by atoms with Crippen molar-refractivity contribution in [1.29, 1.82) is 0 Å². The fraction of sp³-hybridized carbons (Fsp3) is 0.0714. The number of rotatable bonds is 2. The second-order valence-corrected chi connectivity index (χ2v) is 17.1. The first-order chi connectivity index (χ1) is 15.6. The Bertz CT molecular complexity index is 1240. The van der Waals surface area contributed by atoms with Crippen LogP contribution in [0.25, 0.3) is 44.2 Å². The van der Waals surface area contributed by atoms with Crippen LogP contribution in [0, 0.1) is 0 Å². The minimum atomic E-state index is 0. The Hall–Kier alpha value is -2.10. The minimum Gasteiger partial charge on any atom is -0.499 e. The van der Waals surface area contributed by atoms with Crippen molar-refractivity contribution >= 4 is 51.8 Å². The average Bonchev–Trinajstić information content (AvgIpc) is 3.59. The topological polar surface area (TPSA) is 26.3 Å². The maximum absolute atomic E-state index is 5.35. The Kier molecular flexibility index (Phi) is 11.3. The molecule has 6 aromatic rings. The number of halogens is 2. The van der Waals surface area contributed by atoms with Gasteiger partial charge in [0.05, 0.1) is 24.0 Å². The first kappa shape index (κ1) is 28.1. The van der Waals surface area contributed by atoms with Gasteiger partial charge in [0.15, 0.2) is 0 Å². The number of hydrogen-bond donors (Lipinski definition) is 0. The van der Waals surface area contributed by atoms with Gasteiger partial charge in [0.1, 0.15) is 0 Å². The van der Waals surface area contributed by atoms with Crippen molar-refractivity contribution in [3.63, 3.8) is 0 Å². The molecule has 0 bridgehead atoms. The van der Waals surface area contributed by atoms with E-state index in [1.54, 1.807) is 35.9 Å². The number of fused-ring (bicyclic) bond motifs is 2. The molecule has 0 saturated carbocycles. The second-order valence-electron chi connectivity index (χ2n) is 7.70. The molecule has 0 N–H and O–H groups in total. The van der Waals surface area contributed by atoms with Crippen molar-refractivity contribution in [1.82, 2.24) is 0 Å². The predicted molar refractivity (Wildman–Crippen MR) is 146 cm³/mol. The van der Waals surface area contributed by atoms with E-state index < -0.39 is 0 Å². The van der Waals surface area contributed by atoms with Crippen molar-refractivity contribution in [2.24, 2.45) is 0 Å². The van der Waals surface area contributed by atoms with E-state index in [1.807, 2.05) is 48.5 Å². The fourth-order valence-corrected chi connectivity index (χ4v) is 3.47. The summed E-state index contributed by atoms with van der Waals surface area (Å²) in [6.45, 7) is 4.62. The van der Waals surface area contributed by atoms with Crippen molar-refractivity contribution in [3.8, 4) is 22.6 Å². The second kappa shape index (κ2) is 13.7. The molecule has 0 aliphatic carbocycles. The Balaban J connectivity index is 0.000000198. The molecular formula is C28H26Cl2O2SiZr. The Morgan fingerprint density at radius 3 is 1.32 bits per heavy atom. The smallest absolute Gasteiger partial charge is 0.0796 e. The quantitative estimate of drug-likeness (QED) is 0.150. The van der Waals surface area contributed by atoms with Crippen LogP contribution in [0.4, 0.5) is 0 Å². The molecule has 0 atom stereocenters. The van der Waals surface area contributed by atoms with Crippen LogP contribution in [0.5, 0.6) is 0 Å². The molecule has 0 aliphatic heterocycles. The monoisotopic (exact) mass is 582 g/mol. The molecular weight excluding hydrogens is 559 g/mol. The molecule has 2 heterocycles. The van der Waals surface area contributed by atoms with Gasteiger partial charge < -0.3 is 8.83 Å². The molecule has 6 heteroatoms. The van der Waals surface area contributed by atoms with E-state index in [0.29, 0.717) is 0 Å². The zero-order valence-electron chi connectivity index (χ0n) is 19.0. The molecule has 172 valence electrons. The van der Waals surface area contributed by atoms with E-state index in [4.69, 9.17) is 8.83 Å². The zero-order chi connectivity index (χ0) is 22.3. The summed E-state index contributed by atoms with van der Waals surface area (Å²) in [5, 5.41) is 5.05. The van der Waals surface area contributed by atoms with Gasteiger partial charge in [-0.3, -0.25) is 0 Å². The Labute approximate surface area is 227 Å². The fourth-order valence-electron chi connectivity index (χ4n) is 3.47. The summed E-state index contributed by atoms with van der Waals surface area (Å²) < 4.78 is 10.7. The molecule has 0 unspecified atom stereocenters.